The lowest BCUT2D eigenvalue weighted by atomic mass is 9.86. The van der Waals surface area contributed by atoms with Gasteiger partial charge in [0.05, 0.1) is 36.3 Å². The SMILES string of the molecule is CNc1cc(-c2ccc(N3CC4CC(C3)N4Cc3ccc(OC)cc3)nc2)c2c(C#N)cnn2c1. The van der Waals surface area contributed by atoms with Gasteiger partial charge in [-0.05, 0) is 42.3 Å². The van der Waals surface area contributed by atoms with E-state index in [1.165, 1.54) is 12.0 Å². The summed E-state index contributed by atoms with van der Waals surface area (Å²) in [6.45, 7) is 2.95. The molecule has 0 saturated carbocycles. The number of nitriles is 1. The van der Waals surface area contributed by atoms with Crippen LogP contribution in [0.4, 0.5) is 11.5 Å². The Morgan fingerprint density at radius 1 is 1.11 bits per heavy atom. The topological polar surface area (TPSA) is 81.7 Å². The first-order valence-corrected chi connectivity index (χ1v) is 11.9. The van der Waals surface area contributed by atoms with Crippen LogP contribution in [-0.4, -0.2) is 58.8 Å². The number of rotatable bonds is 6. The van der Waals surface area contributed by atoms with Crippen molar-refractivity contribution in [2.75, 3.05) is 37.5 Å². The maximum absolute atomic E-state index is 9.55. The van der Waals surface area contributed by atoms with Crippen LogP contribution in [-0.2, 0) is 6.54 Å². The number of anilines is 2. The lowest BCUT2D eigenvalue weighted by Crippen LogP contribution is -2.68. The van der Waals surface area contributed by atoms with Crippen LogP contribution in [0.25, 0.3) is 16.6 Å². The largest absolute Gasteiger partial charge is 0.497 e. The zero-order chi connectivity index (χ0) is 23.9. The molecule has 3 aliphatic heterocycles. The Labute approximate surface area is 204 Å². The van der Waals surface area contributed by atoms with Gasteiger partial charge in [0, 0.05) is 56.1 Å². The first kappa shape index (κ1) is 21.4. The van der Waals surface area contributed by atoms with Crippen LogP contribution in [0, 0.1) is 11.3 Å². The molecule has 2 atom stereocenters. The van der Waals surface area contributed by atoms with E-state index in [-0.39, 0.29) is 0 Å². The Bertz CT molecular complexity index is 1390. The number of piperidine rings is 1. The molecule has 7 rings (SSSR count). The molecule has 3 aromatic heterocycles. The number of methoxy groups -OCH3 is 1. The van der Waals surface area contributed by atoms with Gasteiger partial charge in [-0.1, -0.05) is 12.1 Å². The van der Waals surface area contributed by atoms with Gasteiger partial charge in [-0.2, -0.15) is 10.4 Å². The Kier molecular flexibility index (Phi) is 5.27. The molecule has 8 heteroatoms. The summed E-state index contributed by atoms with van der Waals surface area (Å²) >= 11 is 0. The van der Waals surface area contributed by atoms with Gasteiger partial charge in [0.15, 0.2) is 0 Å². The molecular weight excluding hydrogens is 438 g/mol. The number of hydrogen-bond donors (Lipinski definition) is 1. The summed E-state index contributed by atoms with van der Waals surface area (Å²) in [4.78, 5) is 9.83. The van der Waals surface area contributed by atoms with Gasteiger partial charge in [0.25, 0.3) is 0 Å². The molecule has 2 unspecified atom stereocenters. The quantitative estimate of drug-likeness (QED) is 0.464. The first-order chi connectivity index (χ1) is 17.2. The van der Waals surface area contributed by atoms with Crippen molar-refractivity contribution in [1.82, 2.24) is 19.5 Å². The smallest absolute Gasteiger partial charge is 0.128 e. The third kappa shape index (κ3) is 3.74. The highest BCUT2D eigenvalue weighted by Crippen LogP contribution is 2.36. The maximum Gasteiger partial charge on any atom is 0.128 e. The summed E-state index contributed by atoms with van der Waals surface area (Å²) < 4.78 is 7.03. The average molecular weight is 466 g/mol. The number of fused-ring (bicyclic) bond motifs is 3. The van der Waals surface area contributed by atoms with Crippen LogP contribution in [0.15, 0.2) is 61.1 Å². The Balaban J connectivity index is 1.19. The fraction of sp³-hybridized carbons (Fsp3) is 0.296. The van der Waals surface area contributed by atoms with E-state index in [0.29, 0.717) is 17.6 Å². The van der Waals surface area contributed by atoms with E-state index in [1.807, 2.05) is 37.6 Å². The van der Waals surface area contributed by atoms with E-state index in [2.05, 4.69) is 50.5 Å². The molecule has 2 bridgehead atoms. The predicted octanol–water partition coefficient (Wildman–Crippen LogP) is 3.78. The molecule has 0 radical (unpaired) electrons. The third-order valence-electron chi connectivity index (χ3n) is 7.27. The van der Waals surface area contributed by atoms with Crippen molar-refractivity contribution in [3.63, 3.8) is 0 Å². The number of nitrogens with one attached hydrogen (secondary N) is 1. The number of hydrogen-bond acceptors (Lipinski definition) is 7. The van der Waals surface area contributed by atoms with Crippen LogP contribution < -0.4 is 15.0 Å². The van der Waals surface area contributed by atoms with Crippen LogP contribution in [0.1, 0.15) is 17.5 Å². The van der Waals surface area contributed by atoms with Crippen molar-refractivity contribution in [2.45, 2.75) is 25.0 Å². The number of aromatic nitrogens is 3. The van der Waals surface area contributed by atoms with Crippen molar-refractivity contribution in [3.05, 3.63) is 72.2 Å². The van der Waals surface area contributed by atoms with Gasteiger partial charge in [0.1, 0.15) is 17.6 Å². The van der Waals surface area contributed by atoms with E-state index in [4.69, 9.17) is 9.72 Å². The molecule has 4 aromatic rings. The molecule has 0 spiro atoms. The molecule has 0 amide bonds. The molecule has 6 heterocycles. The van der Waals surface area contributed by atoms with Crippen LogP contribution in [0.2, 0.25) is 0 Å². The Hall–Kier alpha value is -4.09. The van der Waals surface area contributed by atoms with Gasteiger partial charge < -0.3 is 15.0 Å². The molecule has 1 aromatic carbocycles. The Morgan fingerprint density at radius 3 is 2.57 bits per heavy atom. The second-order valence-corrected chi connectivity index (χ2v) is 9.23. The minimum atomic E-state index is 0.550. The van der Waals surface area contributed by atoms with Gasteiger partial charge >= 0.3 is 0 Å². The summed E-state index contributed by atoms with van der Waals surface area (Å²) in [6, 6.07) is 18.0. The molecule has 3 aliphatic rings. The summed E-state index contributed by atoms with van der Waals surface area (Å²) in [6.07, 6.45) is 6.65. The highest BCUT2D eigenvalue weighted by atomic mass is 16.5. The van der Waals surface area contributed by atoms with Crippen molar-refractivity contribution >= 4 is 17.0 Å². The highest BCUT2D eigenvalue weighted by Gasteiger charge is 2.44. The minimum absolute atomic E-state index is 0.550. The van der Waals surface area contributed by atoms with Crippen molar-refractivity contribution in [3.8, 4) is 22.9 Å². The predicted molar refractivity (Wildman–Crippen MR) is 136 cm³/mol. The zero-order valence-corrected chi connectivity index (χ0v) is 19.8. The van der Waals surface area contributed by atoms with E-state index < -0.39 is 0 Å². The molecule has 35 heavy (non-hydrogen) atoms. The van der Waals surface area contributed by atoms with E-state index in [9.17, 15) is 5.26 Å². The molecule has 8 nitrogen and oxygen atoms in total. The summed E-state index contributed by atoms with van der Waals surface area (Å²) in [5, 5.41) is 17.1. The van der Waals surface area contributed by atoms with Crippen LogP contribution >= 0.6 is 0 Å². The van der Waals surface area contributed by atoms with Gasteiger partial charge in [0.2, 0.25) is 0 Å². The average Bonchev–Trinajstić information content (AvgIpc) is 3.34. The van der Waals surface area contributed by atoms with E-state index in [1.54, 1.807) is 17.8 Å². The first-order valence-electron chi connectivity index (χ1n) is 11.9. The van der Waals surface area contributed by atoms with Crippen LogP contribution in [0.5, 0.6) is 5.75 Å². The molecule has 176 valence electrons. The normalized spacial score (nSPS) is 19.3. The summed E-state index contributed by atoms with van der Waals surface area (Å²) in [5.74, 6) is 1.90. The van der Waals surface area contributed by atoms with E-state index >= 15 is 0 Å². The number of ether oxygens (including phenoxy) is 1. The van der Waals surface area contributed by atoms with Gasteiger partial charge in [-0.15, -0.1) is 0 Å². The molecule has 3 saturated heterocycles. The summed E-state index contributed by atoms with van der Waals surface area (Å²) in [7, 11) is 3.58. The highest BCUT2D eigenvalue weighted by molar-refractivity contribution is 5.86. The van der Waals surface area contributed by atoms with Gasteiger partial charge in [-0.25, -0.2) is 9.50 Å². The maximum atomic E-state index is 9.55. The second-order valence-electron chi connectivity index (χ2n) is 9.23. The van der Waals surface area contributed by atoms with Crippen molar-refractivity contribution in [1.29, 1.82) is 5.26 Å². The fourth-order valence-electron chi connectivity index (χ4n) is 5.37. The molecule has 3 fully saturated rings. The third-order valence-corrected chi connectivity index (χ3v) is 7.27. The zero-order valence-electron chi connectivity index (χ0n) is 19.8. The molecule has 0 aliphatic carbocycles. The number of pyridine rings is 2. The van der Waals surface area contributed by atoms with Crippen molar-refractivity contribution < 1.29 is 4.74 Å². The number of benzene rings is 1. The second kappa shape index (κ2) is 8.60. The lowest BCUT2D eigenvalue weighted by Gasteiger charge is -2.56. The molecular formula is C27H27N7O. The van der Waals surface area contributed by atoms with Gasteiger partial charge in [-0.3, -0.25) is 4.90 Å². The lowest BCUT2D eigenvalue weighted by molar-refractivity contribution is -0.00868. The molecule has 1 N–H and O–H groups in total. The van der Waals surface area contributed by atoms with Crippen molar-refractivity contribution in [2.24, 2.45) is 0 Å². The standard InChI is InChI=1S/C27H27N7O/c1-29-21-9-25(27-20(11-28)13-31-34(27)15-21)19-5-8-26(30-12-19)32-16-22-10-23(17-32)33(22)14-18-3-6-24(35-2)7-4-18/h3-9,12-13,15,22-23,29H,10,14,16-17H2,1-2H3. The minimum Gasteiger partial charge on any atom is -0.497 e. The monoisotopic (exact) mass is 465 g/mol. The van der Waals surface area contributed by atoms with Crippen LogP contribution in [0.3, 0.4) is 0 Å². The number of nitrogens with zero attached hydrogens (tertiary/aromatic N) is 6. The Morgan fingerprint density at radius 2 is 1.91 bits per heavy atom. The summed E-state index contributed by atoms with van der Waals surface area (Å²) in [5.41, 5.74) is 5.52. The number of piperazine rings is 1. The van der Waals surface area contributed by atoms with E-state index in [0.717, 1.165) is 53.5 Å². The fourth-order valence-corrected chi connectivity index (χ4v) is 5.37.